The summed E-state index contributed by atoms with van der Waals surface area (Å²) >= 11 is 3.16. The average molecular weight is 521 g/mol. The Kier molecular flexibility index (Phi) is 5.39. The smallest absolute Gasteiger partial charge is 0.258 e. The summed E-state index contributed by atoms with van der Waals surface area (Å²) in [7, 11) is -3.27. The van der Waals surface area contributed by atoms with Crippen LogP contribution in [-0.4, -0.2) is 42.1 Å². The van der Waals surface area contributed by atoms with Gasteiger partial charge < -0.3 is 9.88 Å². The zero-order valence-electron chi connectivity index (χ0n) is 18.7. The van der Waals surface area contributed by atoms with Gasteiger partial charge in [-0.1, -0.05) is 30.0 Å². The summed E-state index contributed by atoms with van der Waals surface area (Å²) in [6.45, 7) is 0.662. The summed E-state index contributed by atoms with van der Waals surface area (Å²) < 4.78 is 25.6. The van der Waals surface area contributed by atoms with E-state index in [1.807, 2.05) is 47.4 Å². The van der Waals surface area contributed by atoms with Crippen molar-refractivity contribution < 1.29 is 13.2 Å². The number of H-pyrrole nitrogens is 1. The summed E-state index contributed by atoms with van der Waals surface area (Å²) in [5.74, 6) is 1.37. The van der Waals surface area contributed by atoms with E-state index < -0.39 is 9.84 Å². The zero-order chi connectivity index (χ0) is 24.2. The van der Waals surface area contributed by atoms with Crippen LogP contribution >= 0.6 is 23.1 Å². The van der Waals surface area contributed by atoms with E-state index in [2.05, 4.69) is 9.97 Å². The summed E-state index contributed by atoms with van der Waals surface area (Å²) in [4.78, 5) is 27.7. The molecule has 0 spiro atoms. The molecule has 35 heavy (non-hydrogen) atoms. The van der Waals surface area contributed by atoms with Crippen LogP contribution in [0.4, 0.5) is 5.69 Å². The van der Waals surface area contributed by atoms with Gasteiger partial charge in [-0.2, -0.15) is 0 Å². The summed E-state index contributed by atoms with van der Waals surface area (Å²) in [5.41, 5.74) is 5.09. The summed E-state index contributed by atoms with van der Waals surface area (Å²) in [6, 6.07) is 18.7. The number of anilines is 1. The van der Waals surface area contributed by atoms with Gasteiger partial charge in [-0.25, -0.2) is 18.4 Å². The van der Waals surface area contributed by atoms with Crippen molar-refractivity contribution in [1.29, 1.82) is 0 Å². The number of carbonyl (C=O) groups excluding carboxylic acids is 1. The zero-order valence-corrected chi connectivity index (χ0v) is 21.1. The Hall–Kier alpha value is -3.21. The van der Waals surface area contributed by atoms with Crippen LogP contribution in [0.3, 0.4) is 0 Å². The normalized spacial score (nSPS) is 14.1. The average Bonchev–Trinajstić information content (AvgIpc) is 3.45. The number of amides is 1. The lowest BCUT2D eigenvalue weighted by molar-refractivity contribution is 0.0980. The topological polar surface area (TPSA) is 96.0 Å². The van der Waals surface area contributed by atoms with Gasteiger partial charge in [-0.05, 0) is 54.4 Å². The lowest BCUT2D eigenvalue weighted by Crippen LogP contribution is -2.37. The Balaban J connectivity index is 1.21. The molecule has 5 aromatic rings. The van der Waals surface area contributed by atoms with Crippen LogP contribution in [0.15, 0.2) is 69.9 Å². The number of aromatic amines is 1. The minimum Gasteiger partial charge on any atom is -0.341 e. The Bertz CT molecular complexity index is 1720. The molecule has 1 amide bonds. The van der Waals surface area contributed by atoms with Crippen molar-refractivity contribution in [1.82, 2.24) is 15.0 Å². The lowest BCUT2D eigenvalue weighted by Gasteiger charge is -2.28. The number of carbonyl (C=O) groups is 1. The maximum absolute atomic E-state index is 13.0. The van der Waals surface area contributed by atoms with Gasteiger partial charge in [0.2, 0.25) is 0 Å². The van der Waals surface area contributed by atoms with Crippen molar-refractivity contribution in [2.45, 2.75) is 21.4 Å². The van der Waals surface area contributed by atoms with E-state index in [4.69, 9.17) is 4.98 Å². The van der Waals surface area contributed by atoms with Crippen LogP contribution in [0.25, 0.3) is 21.3 Å². The van der Waals surface area contributed by atoms with E-state index in [9.17, 15) is 13.2 Å². The highest BCUT2D eigenvalue weighted by molar-refractivity contribution is 8.00. The van der Waals surface area contributed by atoms with Crippen molar-refractivity contribution in [2.24, 2.45) is 0 Å². The molecular formula is C25H20N4O3S3. The molecule has 1 aliphatic heterocycles. The fraction of sp³-hybridized carbons (Fsp3) is 0.160. The van der Waals surface area contributed by atoms with Gasteiger partial charge in [0.15, 0.2) is 14.2 Å². The maximum Gasteiger partial charge on any atom is 0.258 e. The lowest BCUT2D eigenvalue weighted by atomic mass is 9.98. The highest BCUT2D eigenvalue weighted by Crippen LogP contribution is 2.35. The second kappa shape index (κ2) is 8.47. The molecule has 1 aliphatic rings. The van der Waals surface area contributed by atoms with E-state index in [1.165, 1.54) is 6.26 Å². The third kappa shape index (κ3) is 4.22. The van der Waals surface area contributed by atoms with Crippen LogP contribution in [0.2, 0.25) is 0 Å². The van der Waals surface area contributed by atoms with Crippen molar-refractivity contribution in [3.05, 3.63) is 77.6 Å². The molecule has 0 bridgehead atoms. The van der Waals surface area contributed by atoms with E-state index >= 15 is 0 Å². The number of imidazole rings is 1. The van der Waals surface area contributed by atoms with E-state index in [-0.39, 0.29) is 10.8 Å². The van der Waals surface area contributed by atoms with Crippen molar-refractivity contribution in [2.75, 3.05) is 17.7 Å². The van der Waals surface area contributed by atoms with Gasteiger partial charge in [0.05, 0.1) is 31.9 Å². The third-order valence-electron chi connectivity index (χ3n) is 6.02. The molecule has 0 saturated carbocycles. The van der Waals surface area contributed by atoms with Crippen LogP contribution in [0.1, 0.15) is 21.7 Å². The van der Waals surface area contributed by atoms with Crippen LogP contribution < -0.4 is 4.90 Å². The number of hydrogen-bond acceptors (Lipinski definition) is 7. The van der Waals surface area contributed by atoms with Gasteiger partial charge in [-0.3, -0.25) is 4.79 Å². The molecule has 0 fully saturated rings. The molecule has 0 saturated heterocycles. The summed E-state index contributed by atoms with van der Waals surface area (Å²) in [5, 5.41) is 0. The molecule has 0 unspecified atom stereocenters. The first-order valence-corrected chi connectivity index (χ1v) is 14.7. The predicted octanol–water partition coefficient (Wildman–Crippen LogP) is 5.07. The molecule has 10 heteroatoms. The number of aromatic nitrogens is 3. The first-order chi connectivity index (χ1) is 16.8. The maximum atomic E-state index is 13.0. The van der Waals surface area contributed by atoms with Crippen molar-refractivity contribution >= 4 is 65.8 Å². The SMILES string of the molecule is CS(=O)(=O)c1ccc2nc(CSc3nc4ccc(N5CCc6ccccc6C5=O)cc4s3)[nH]c2c1. The molecule has 7 nitrogen and oxygen atoms in total. The van der Waals surface area contributed by atoms with E-state index in [1.54, 1.807) is 41.3 Å². The second-order valence-electron chi connectivity index (χ2n) is 8.42. The van der Waals surface area contributed by atoms with E-state index in [0.29, 0.717) is 17.8 Å². The first kappa shape index (κ1) is 22.3. The van der Waals surface area contributed by atoms with Crippen LogP contribution in [0, 0.1) is 0 Å². The Labute approximate surface area is 210 Å². The standard InChI is InChI=1S/C25H20N4O3S3/c1-35(31,32)17-7-9-19-21(13-17)27-23(26-19)14-33-25-28-20-8-6-16(12-22(20)34-25)29-11-10-15-4-2-3-5-18(15)24(29)30/h2-9,12-13H,10-11,14H2,1H3,(H,26,27). The van der Waals surface area contributed by atoms with Gasteiger partial charge in [0, 0.05) is 24.1 Å². The Morgan fingerprint density at radius 2 is 1.89 bits per heavy atom. The molecular weight excluding hydrogens is 501 g/mol. The minimum absolute atomic E-state index is 0.0363. The summed E-state index contributed by atoms with van der Waals surface area (Å²) in [6.07, 6.45) is 2.03. The van der Waals surface area contributed by atoms with Gasteiger partial charge in [0.1, 0.15) is 5.82 Å². The third-order valence-corrected chi connectivity index (χ3v) is 9.31. The molecule has 3 heterocycles. The number of rotatable bonds is 5. The number of sulfone groups is 1. The number of benzene rings is 3. The fourth-order valence-corrected chi connectivity index (χ4v) is 6.88. The highest BCUT2D eigenvalue weighted by atomic mass is 32.2. The van der Waals surface area contributed by atoms with Crippen LogP contribution in [0.5, 0.6) is 0 Å². The quantitative estimate of drug-likeness (QED) is 0.325. The Morgan fingerprint density at radius 1 is 1.06 bits per heavy atom. The molecule has 6 rings (SSSR count). The molecule has 3 aromatic carbocycles. The molecule has 0 atom stereocenters. The van der Waals surface area contributed by atoms with Gasteiger partial charge in [-0.15, -0.1) is 11.3 Å². The largest absolute Gasteiger partial charge is 0.341 e. The molecule has 1 N–H and O–H groups in total. The molecule has 176 valence electrons. The Morgan fingerprint density at radius 3 is 2.74 bits per heavy atom. The highest BCUT2D eigenvalue weighted by Gasteiger charge is 2.25. The number of nitrogens with one attached hydrogen (secondary N) is 1. The second-order valence-corrected chi connectivity index (χ2v) is 12.7. The van der Waals surface area contributed by atoms with Gasteiger partial charge >= 0.3 is 0 Å². The molecule has 0 radical (unpaired) electrons. The molecule has 0 aliphatic carbocycles. The fourth-order valence-electron chi connectivity index (χ4n) is 4.26. The number of hydrogen-bond donors (Lipinski definition) is 1. The monoisotopic (exact) mass is 520 g/mol. The number of fused-ring (bicyclic) bond motifs is 3. The van der Waals surface area contributed by atoms with Crippen molar-refractivity contribution in [3.63, 3.8) is 0 Å². The number of thioether (sulfide) groups is 1. The predicted molar refractivity (Wildman–Crippen MR) is 140 cm³/mol. The number of nitrogens with zero attached hydrogens (tertiary/aromatic N) is 3. The van der Waals surface area contributed by atoms with Crippen molar-refractivity contribution in [3.8, 4) is 0 Å². The van der Waals surface area contributed by atoms with Gasteiger partial charge in [0.25, 0.3) is 5.91 Å². The number of thiazole rings is 1. The van der Waals surface area contributed by atoms with E-state index in [0.717, 1.165) is 49.1 Å². The minimum atomic E-state index is -3.27. The first-order valence-electron chi connectivity index (χ1n) is 11.0. The van der Waals surface area contributed by atoms with Crippen LogP contribution in [-0.2, 0) is 22.0 Å². The molecule has 2 aromatic heterocycles.